The summed E-state index contributed by atoms with van der Waals surface area (Å²) in [6, 6.07) is 5.48. The van der Waals surface area contributed by atoms with Crippen molar-refractivity contribution >= 4 is 17.7 Å². The Morgan fingerprint density at radius 3 is 2.89 bits per heavy atom. The van der Waals surface area contributed by atoms with E-state index in [1.165, 1.54) is 18.0 Å². The highest BCUT2D eigenvalue weighted by molar-refractivity contribution is 7.99. The van der Waals surface area contributed by atoms with Gasteiger partial charge >= 0.3 is 0 Å². The van der Waals surface area contributed by atoms with Gasteiger partial charge in [0.2, 0.25) is 0 Å². The van der Waals surface area contributed by atoms with Crippen LogP contribution >= 0.6 is 11.8 Å². The van der Waals surface area contributed by atoms with Crippen molar-refractivity contribution in [3.05, 3.63) is 45.9 Å². The Labute approximate surface area is 161 Å². The molecular formula is C19H21N3O4S. The molecule has 1 fully saturated rings. The van der Waals surface area contributed by atoms with E-state index in [4.69, 9.17) is 9.47 Å². The third kappa shape index (κ3) is 3.07. The number of ether oxygens (including phenoxy) is 2. The molecule has 2 aliphatic rings. The van der Waals surface area contributed by atoms with Crippen molar-refractivity contribution in [1.82, 2.24) is 14.5 Å². The quantitative estimate of drug-likeness (QED) is 0.750. The summed E-state index contributed by atoms with van der Waals surface area (Å²) in [7, 11) is 3.21. The molecule has 0 spiro atoms. The Morgan fingerprint density at radius 2 is 2.11 bits per heavy atom. The second-order valence-electron chi connectivity index (χ2n) is 6.52. The summed E-state index contributed by atoms with van der Waals surface area (Å²) in [6.07, 6.45) is 3.13. The molecular weight excluding hydrogens is 366 g/mol. The monoisotopic (exact) mass is 387 g/mol. The van der Waals surface area contributed by atoms with Crippen molar-refractivity contribution in [2.45, 2.75) is 30.6 Å². The standard InChI is InChI=1S/C19H21N3O4S/c1-25-12-5-6-13(16(10-12)26-2)15-4-3-7-21(15)17(23)14-11-20-19-22(18(14)24)8-9-27-19/h5-6,10-11,15H,3-4,7-9H2,1-2H3. The van der Waals surface area contributed by atoms with Crippen molar-refractivity contribution in [1.29, 1.82) is 0 Å². The van der Waals surface area contributed by atoms with Crippen LogP contribution in [0.1, 0.15) is 34.8 Å². The zero-order valence-corrected chi connectivity index (χ0v) is 16.1. The molecule has 142 valence electrons. The van der Waals surface area contributed by atoms with Crippen LogP contribution in [-0.4, -0.2) is 46.9 Å². The molecule has 0 aliphatic carbocycles. The summed E-state index contributed by atoms with van der Waals surface area (Å²) in [5, 5.41) is 0.686. The molecule has 0 saturated carbocycles. The Bertz CT molecular complexity index is 943. The fourth-order valence-corrected chi connectivity index (χ4v) is 4.66. The smallest absolute Gasteiger partial charge is 0.267 e. The summed E-state index contributed by atoms with van der Waals surface area (Å²) in [5.41, 5.74) is 0.817. The lowest BCUT2D eigenvalue weighted by Crippen LogP contribution is -2.36. The van der Waals surface area contributed by atoms with Crippen LogP contribution in [0, 0.1) is 0 Å². The van der Waals surface area contributed by atoms with Gasteiger partial charge in [-0.25, -0.2) is 4.98 Å². The minimum Gasteiger partial charge on any atom is -0.497 e. The van der Waals surface area contributed by atoms with Crippen LogP contribution in [-0.2, 0) is 6.54 Å². The van der Waals surface area contributed by atoms with Gasteiger partial charge in [0.15, 0.2) is 5.16 Å². The number of hydrogen-bond donors (Lipinski definition) is 0. The molecule has 1 amide bonds. The first kappa shape index (κ1) is 17.9. The van der Waals surface area contributed by atoms with E-state index < -0.39 is 0 Å². The first-order valence-corrected chi connectivity index (χ1v) is 9.88. The molecule has 0 radical (unpaired) electrons. The molecule has 0 N–H and O–H groups in total. The third-order valence-corrected chi connectivity index (χ3v) is 6.07. The molecule has 1 unspecified atom stereocenters. The number of rotatable bonds is 4. The SMILES string of the molecule is COc1ccc(C2CCCN2C(=O)c2cnc3n(c2=O)CCS3)c(OC)c1. The molecule has 27 heavy (non-hydrogen) atoms. The number of aromatic nitrogens is 2. The Balaban J connectivity index is 1.68. The molecule has 1 atom stereocenters. The van der Waals surface area contributed by atoms with Gasteiger partial charge in [0.1, 0.15) is 17.1 Å². The maximum Gasteiger partial charge on any atom is 0.267 e. The number of carbonyl (C=O) groups excluding carboxylic acids is 1. The first-order valence-electron chi connectivity index (χ1n) is 8.89. The topological polar surface area (TPSA) is 73.7 Å². The predicted molar refractivity (Wildman–Crippen MR) is 102 cm³/mol. The van der Waals surface area contributed by atoms with Gasteiger partial charge < -0.3 is 14.4 Å². The van der Waals surface area contributed by atoms with Gasteiger partial charge in [-0.3, -0.25) is 14.2 Å². The van der Waals surface area contributed by atoms with E-state index >= 15 is 0 Å². The third-order valence-electron chi connectivity index (χ3n) is 5.10. The molecule has 2 aliphatic heterocycles. The number of methoxy groups -OCH3 is 2. The highest BCUT2D eigenvalue weighted by Gasteiger charge is 2.34. The van der Waals surface area contributed by atoms with Gasteiger partial charge in [-0.1, -0.05) is 11.8 Å². The van der Waals surface area contributed by atoms with Crippen LogP contribution in [0.4, 0.5) is 0 Å². The zero-order chi connectivity index (χ0) is 19.0. The van der Waals surface area contributed by atoms with Crippen LogP contribution in [0.3, 0.4) is 0 Å². The largest absolute Gasteiger partial charge is 0.497 e. The van der Waals surface area contributed by atoms with E-state index in [0.29, 0.717) is 29.7 Å². The molecule has 7 nitrogen and oxygen atoms in total. The van der Waals surface area contributed by atoms with E-state index in [9.17, 15) is 9.59 Å². The van der Waals surface area contributed by atoms with Crippen molar-refractivity contribution in [3.8, 4) is 11.5 Å². The maximum absolute atomic E-state index is 13.2. The lowest BCUT2D eigenvalue weighted by Gasteiger charge is -2.26. The van der Waals surface area contributed by atoms with Crippen LogP contribution in [0.2, 0.25) is 0 Å². The van der Waals surface area contributed by atoms with Crippen molar-refractivity contribution < 1.29 is 14.3 Å². The molecule has 1 saturated heterocycles. The van der Waals surface area contributed by atoms with Crippen molar-refractivity contribution in [2.75, 3.05) is 26.5 Å². The van der Waals surface area contributed by atoms with Gasteiger partial charge in [0, 0.05) is 36.7 Å². The average Bonchev–Trinajstić information content (AvgIpc) is 3.37. The van der Waals surface area contributed by atoms with E-state index in [1.54, 1.807) is 23.7 Å². The molecule has 0 bridgehead atoms. The van der Waals surface area contributed by atoms with Crippen LogP contribution in [0.25, 0.3) is 0 Å². The fraction of sp³-hybridized carbons (Fsp3) is 0.421. The molecule has 1 aromatic heterocycles. The summed E-state index contributed by atoms with van der Waals surface area (Å²) in [6.45, 7) is 1.21. The second-order valence-corrected chi connectivity index (χ2v) is 7.59. The average molecular weight is 387 g/mol. The minimum absolute atomic E-state index is 0.134. The van der Waals surface area contributed by atoms with Gasteiger partial charge in [0.05, 0.1) is 20.3 Å². The van der Waals surface area contributed by atoms with Gasteiger partial charge in [0.25, 0.3) is 11.5 Å². The number of thioether (sulfide) groups is 1. The number of carbonyl (C=O) groups is 1. The molecule has 2 aromatic rings. The summed E-state index contributed by atoms with van der Waals surface area (Å²) in [5.74, 6) is 1.93. The second kappa shape index (κ2) is 7.26. The normalized spacial score (nSPS) is 18.4. The van der Waals surface area contributed by atoms with Crippen LogP contribution in [0.15, 0.2) is 34.3 Å². The maximum atomic E-state index is 13.2. The number of fused-ring (bicyclic) bond motifs is 1. The Morgan fingerprint density at radius 1 is 1.26 bits per heavy atom. The molecule has 8 heteroatoms. The Hall–Kier alpha value is -2.48. The summed E-state index contributed by atoms with van der Waals surface area (Å²) in [4.78, 5) is 32.0. The number of amides is 1. The molecule has 4 rings (SSSR count). The van der Waals surface area contributed by atoms with Crippen LogP contribution in [0.5, 0.6) is 11.5 Å². The molecule has 1 aromatic carbocycles. The first-order chi connectivity index (χ1) is 13.1. The number of hydrogen-bond acceptors (Lipinski definition) is 6. The van der Waals surface area contributed by atoms with Crippen molar-refractivity contribution in [2.24, 2.45) is 0 Å². The van der Waals surface area contributed by atoms with Gasteiger partial charge in [-0.2, -0.15) is 0 Å². The summed E-state index contributed by atoms with van der Waals surface area (Å²) < 4.78 is 12.4. The summed E-state index contributed by atoms with van der Waals surface area (Å²) >= 11 is 1.54. The van der Waals surface area contributed by atoms with E-state index in [-0.39, 0.29) is 23.1 Å². The number of likely N-dealkylation sites (tertiary alicyclic amines) is 1. The minimum atomic E-state index is -0.264. The molecule has 3 heterocycles. The highest BCUT2D eigenvalue weighted by atomic mass is 32.2. The lowest BCUT2D eigenvalue weighted by molar-refractivity contribution is 0.0730. The highest BCUT2D eigenvalue weighted by Crippen LogP contribution is 2.39. The van der Waals surface area contributed by atoms with Crippen LogP contribution < -0.4 is 15.0 Å². The van der Waals surface area contributed by atoms with E-state index in [1.807, 2.05) is 18.2 Å². The fourth-order valence-electron chi connectivity index (χ4n) is 3.75. The Kier molecular flexibility index (Phi) is 4.82. The number of benzene rings is 1. The van der Waals surface area contributed by atoms with E-state index in [0.717, 1.165) is 24.2 Å². The predicted octanol–water partition coefficient (Wildman–Crippen LogP) is 2.34. The number of nitrogens with zero attached hydrogens (tertiary/aromatic N) is 3. The zero-order valence-electron chi connectivity index (χ0n) is 15.3. The van der Waals surface area contributed by atoms with Gasteiger partial charge in [-0.05, 0) is 25.0 Å². The van der Waals surface area contributed by atoms with E-state index in [2.05, 4.69) is 4.98 Å². The van der Waals surface area contributed by atoms with Crippen molar-refractivity contribution in [3.63, 3.8) is 0 Å². The van der Waals surface area contributed by atoms with Gasteiger partial charge in [-0.15, -0.1) is 0 Å². The lowest BCUT2D eigenvalue weighted by atomic mass is 10.0.